The van der Waals surface area contributed by atoms with E-state index in [1.54, 1.807) is 24.3 Å². The van der Waals surface area contributed by atoms with Crippen molar-refractivity contribution in [3.8, 4) is 0 Å². The first kappa shape index (κ1) is 18.5. The van der Waals surface area contributed by atoms with Crippen molar-refractivity contribution < 1.29 is 9.59 Å². The first-order valence-electron chi connectivity index (χ1n) is 8.41. The Hall–Kier alpha value is -2.30. The number of rotatable bonds is 6. The van der Waals surface area contributed by atoms with Crippen LogP contribution in [0.5, 0.6) is 0 Å². The number of hydrogen-bond acceptors (Lipinski definition) is 3. The maximum Gasteiger partial charge on any atom is 0.283 e. The molecule has 4 nitrogen and oxygen atoms in total. The third-order valence-electron chi connectivity index (χ3n) is 4.14. The molecular formula is C20H18Cl2N2O2. The van der Waals surface area contributed by atoms with Gasteiger partial charge < -0.3 is 5.32 Å². The van der Waals surface area contributed by atoms with E-state index in [9.17, 15) is 9.59 Å². The number of aryl methyl sites for hydroxylation is 1. The Balaban J connectivity index is 1.80. The zero-order chi connectivity index (χ0) is 18.7. The lowest BCUT2D eigenvalue weighted by Crippen LogP contribution is -2.32. The number of imide groups is 1. The van der Waals surface area contributed by atoms with E-state index in [2.05, 4.69) is 12.2 Å². The third-order valence-corrected chi connectivity index (χ3v) is 4.72. The van der Waals surface area contributed by atoms with Gasteiger partial charge in [-0.2, -0.15) is 0 Å². The fourth-order valence-electron chi connectivity index (χ4n) is 2.74. The van der Waals surface area contributed by atoms with Gasteiger partial charge >= 0.3 is 0 Å². The molecule has 2 amide bonds. The molecule has 6 heteroatoms. The van der Waals surface area contributed by atoms with E-state index in [1.807, 2.05) is 24.3 Å². The number of nitrogens with one attached hydrogen (secondary N) is 1. The van der Waals surface area contributed by atoms with Crippen molar-refractivity contribution in [2.45, 2.75) is 26.2 Å². The highest BCUT2D eigenvalue weighted by Crippen LogP contribution is 2.31. The lowest BCUT2D eigenvalue weighted by molar-refractivity contribution is -0.120. The lowest BCUT2D eigenvalue weighted by atomic mass is 10.1. The summed E-state index contributed by atoms with van der Waals surface area (Å²) in [6, 6.07) is 14.3. The van der Waals surface area contributed by atoms with E-state index in [-0.39, 0.29) is 10.7 Å². The predicted molar refractivity (Wildman–Crippen MR) is 106 cm³/mol. The van der Waals surface area contributed by atoms with Crippen molar-refractivity contribution in [2.75, 3.05) is 10.2 Å². The van der Waals surface area contributed by atoms with Gasteiger partial charge in [0, 0.05) is 10.7 Å². The molecule has 1 heterocycles. The summed E-state index contributed by atoms with van der Waals surface area (Å²) < 4.78 is 0. The molecule has 0 aromatic heterocycles. The first-order valence-corrected chi connectivity index (χ1v) is 9.17. The van der Waals surface area contributed by atoms with E-state index >= 15 is 0 Å². The van der Waals surface area contributed by atoms with Crippen LogP contribution in [0.1, 0.15) is 25.3 Å². The summed E-state index contributed by atoms with van der Waals surface area (Å²) in [5.41, 5.74) is 2.38. The van der Waals surface area contributed by atoms with Crippen LogP contribution in [0.2, 0.25) is 5.02 Å². The second kappa shape index (κ2) is 7.94. The van der Waals surface area contributed by atoms with Gasteiger partial charge in [0.1, 0.15) is 10.7 Å². The van der Waals surface area contributed by atoms with Crippen molar-refractivity contribution >= 4 is 46.4 Å². The summed E-state index contributed by atoms with van der Waals surface area (Å²) >= 11 is 12.1. The van der Waals surface area contributed by atoms with Crippen LogP contribution in [0.3, 0.4) is 0 Å². The molecule has 0 bridgehead atoms. The topological polar surface area (TPSA) is 49.4 Å². The molecule has 2 aromatic carbocycles. The Morgan fingerprint density at radius 2 is 1.73 bits per heavy atom. The lowest BCUT2D eigenvalue weighted by Gasteiger charge is -2.15. The first-order chi connectivity index (χ1) is 12.5. The number of nitrogens with zero attached hydrogens (tertiary/aromatic N) is 1. The maximum absolute atomic E-state index is 12.7. The second-order valence-electron chi connectivity index (χ2n) is 6.04. The van der Waals surface area contributed by atoms with Gasteiger partial charge in [-0.25, -0.2) is 4.90 Å². The zero-order valence-electron chi connectivity index (χ0n) is 14.3. The SMILES string of the molecule is CCCCc1ccc(NC2=C(Cl)C(=O)N(c3cccc(Cl)c3)C2=O)cc1. The molecule has 0 spiro atoms. The van der Waals surface area contributed by atoms with Crippen molar-refractivity contribution in [2.24, 2.45) is 0 Å². The van der Waals surface area contributed by atoms with E-state index in [1.165, 1.54) is 5.56 Å². The van der Waals surface area contributed by atoms with Crippen LogP contribution in [-0.4, -0.2) is 11.8 Å². The Bertz CT molecular complexity index is 876. The van der Waals surface area contributed by atoms with Crippen LogP contribution in [0, 0.1) is 0 Å². The van der Waals surface area contributed by atoms with Crippen LogP contribution in [0.25, 0.3) is 0 Å². The standard InChI is InChI=1S/C20H18Cl2N2O2/c1-2-3-5-13-8-10-15(11-9-13)23-18-17(22)19(25)24(20(18)26)16-7-4-6-14(21)12-16/h4,6-12,23H,2-3,5H2,1H3. The Morgan fingerprint density at radius 1 is 1.00 bits per heavy atom. The quantitative estimate of drug-likeness (QED) is 0.698. The molecule has 1 aliphatic rings. The van der Waals surface area contributed by atoms with Crippen LogP contribution >= 0.6 is 23.2 Å². The summed E-state index contributed by atoms with van der Waals surface area (Å²) in [5, 5.41) is 3.27. The predicted octanol–water partition coefficient (Wildman–Crippen LogP) is 5.12. The molecule has 0 atom stereocenters. The number of carbonyl (C=O) groups is 2. The third kappa shape index (κ3) is 3.76. The highest BCUT2D eigenvalue weighted by atomic mass is 35.5. The van der Waals surface area contributed by atoms with Gasteiger partial charge in [0.2, 0.25) is 0 Å². The minimum atomic E-state index is -0.569. The Kier molecular flexibility index (Phi) is 5.64. The molecule has 1 N–H and O–H groups in total. The molecule has 1 aliphatic heterocycles. The second-order valence-corrected chi connectivity index (χ2v) is 6.85. The van der Waals surface area contributed by atoms with E-state index < -0.39 is 11.8 Å². The number of halogens is 2. The number of unbranched alkanes of at least 4 members (excludes halogenated alkanes) is 1. The van der Waals surface area contributed by atoms with E-state index in [0.29, 0.717) is 16.4 Å². The Morgan fingerprint density at radius 3 is 2.38 bits per heavy atom. The maximum atomic E-state index is 12.7. The van der Waals surface area contributed by atoms with Crippen LogP contribution in [-0.2, 0) is 16.0 Å². The smallest absolute Gasteiger partial charge is 0.283 e. The van der Waals surface area contributed by atoms with Gasteiger partial charge in [-0.05, 0) is 48.7 Å². The van der Waals surface area contributed by atoms with Crippen molar-refractivity contribution in [1.29, 1.82) is 0 Å². The molecule has 0 saturated carbocycles. The largest absolute Gasteiger partial charge is 0.350 e. The minimum Gasteiger partial charge on any atom is -0.350 e. The van der Waals surface area contributed by atoms with Crippen molar-refractivity contribution in [3.05, 3.63) is 69.8 Å². The van der Waals surface area contributed by atoms with Gasteiger partial charge in [0.05, 0.1) is 5.69 Å². The van der Waals surface area contributed by atoms with Gasteiger partial charge in [-0.15, -0.1) is 0 Å². The fourth-order valence-corrected chi connectivity index (χ4v) is 3.14. The van der Waals surface area contributed by atoms with Gasteiger partial charge in [0.15, 0.2) is 0 Å². The van der Waals surface area contributed by atoms with Gasteiger partial charge in [0.25, 0.3) is 11.8 Å². The number of carbonyl (C=O) groups excluding carboxylic acids is 2. The molecule has 26 heavy (non-hydrogen) atoms. The normalized spacial score (nSPS) is 14.3. The van der Waals surface area contributed by atoms with Gasteiger partial charge in [-0.3, -0.25) is 9.59 Å². The van der Waals surface area contributed by atoms with Crippen molar-refractivity contribution in [3.63, 3.8) is 0 Å². The molecular weight excluding hydrogens is 371 g/mol. The number of anilines is 2. The van der Waals surface area contributed by atoms with Crippen LogP contribution in [0.15, 0.2) is 59.3 Å². The molecule has 0 fully saturated rings. The summed E-state index contributed by atoms with van der Waals surface area (Å²) in [6.07, 6.45) is 3.28. The van der Waals surface area contributed by atoms with Crippen LogP contribution in [0.4, 0.5) is 11.4 Å². The Labute approximate surface area is 162 Å². The average molecular weight is 389 g/mol. The van der Waals surface area contributed by atoms with Crippen molar-refractivity contribution in [1.82, 2.24) is 0 Å². The highest BCUT2D eigenvalue weighted by molar-refractivity contribution is 6.53. The van der Waals surface area contributed by atoms with Crippen LogP contribution < -0.4 is 10.2 Å². The zero-order valence-corrected chi connectivity index (χ0v) is 15.8. The summed E-state index contributed by atoms with van der Waals surface area (Å²) in [6.45, 7) is 2.15. The molecule has 0 unspecified atom stereocenters. The van der Waals surface area contributed by atoms with E-state index in [4.69, 9.17) is 23.2 Å². The number of hydrogen-bond donors (Lipinski definition) is 1. The summed E-state index contributed by atoms with van der Waals surface area (Å²) in [7, 11) is 0. The average Bonchev–Trinajstić information content (AvgIpc) is 2.84. The van der Waals surface area contributed by atoms with Gasteiger partial charge in [-0.1, -0.05) is 54.7 Å². The number of amides is 2. The fraction of sp³-hybridized carbons (Fsp3) is 0.200. The molecule has 3 rings (SSSR count). The molecule has 134 valence electrons. The number of benzene rings is 2. The summed E-state index contributed by atoms with van der Waals surface area (Å²) in [4.78, 5) is 26.2. The highest BCUT2D eigenvalue weighted by Gasteiger charge is 2.38. The summed E-state index contributed by atoms with van der Waals surface area (Å²) in [5.74, 6) is -1.07. The molecule has 0 radical (unpaired) electrons. The molecule has 2 aromatic rings. The monoisotopic (exact) mass is 388 g/mol. The molecule has 0 saturated heterocycles. The minimum absolute atomic E-state index is 0.0675. The van der Waals surface area contributed by atoms with E-state index in [0.717, 1.165) is 24.2 Å². The molecule has 0 aliphatic carbocycles.